The maximum atomic E-state index is 11.8. The summed E-state index contributed by atoms with van der Waals surface area (Å²) in [4.78, 5) is 24.8. The van der Waals surface area contributed by atoms with Crippen molar-refractivity contribution in [3.05, 3.63) is 29.8 Å². The number of ether oxygens (including phenoxy) is 1. The Labute approximate surface area is 131 Å². The average Bonchev–Trinajstić information content (AvgIpc) is 2.52. The second kappa shape index (κ2) is 9.04. The zero-order valence-electron chi connectivity index (χ0n) is 13.3. The minimum absolute atomic E-state index is 0.407. The Morgan fingerprint density at radius 1 is 1.23 bits per heavy atom. The second-order valence-electron chi connectivity index (χ2n) is 4.93. The molecule has 1 aromatic rings. The molecule has 0 bridgehead atoms. The Hall–Kier alpha value is -2.08. The molecule has 0 saturated heterocycles. The summed E-state index contributed by atoms with van der Waals surface area (Å²) in [5, 5.41) is 11.2. The molecule has 2 N–H and O–H groups in total. The monoisotopic (exact) mass is 308 g/mol. The molecule has 1 aromatic carbocycles. The molecular weight excluding hydrogens is 284 g/mol. The third-order valence-electron chi connectivity index (χ3n) is 3.41. The Morgan fingerprint density at radius 3 is 2.32 bits per heavy atom. The summed E-state index contributed by atoms with van der Waals surface area (Å²) in [6, 6.07) is 5.75. The third-order valence-corrected chi connectivity index (χ3v) is 3.41. The minimum atomic E-state index is -1.07. The normalized spacial score (nSPS) is 12.0. The summed E-state index contributed by atoms with van der Waals surface area (Å²) >= 11 is 0. The van der Waals surface area contributed by atoms with Crippen LogP contribution in [0, 0.1) is 0 Å². The van der Waals surface area contributed by atoms with Crippen LogP contribution in [-0.2, 0) is 4.79 Å². The lowest BCUT2D eigenvalue weighted by Gasteiger charge is -2.18. The molecule has 0 radical (unpaired) electrons. The standard InChI is InChI=1S/C16H24N2O4/c1-4-18(5-2)10-11-22-14-8-6-13(7-9-14)15(19)17-12(3)16(20)21/h6-9,12H,4-5,10-11H2,1-3H3,(H,17,19)(H,20,21)/t12-/m0/s1. The molecule has 6 nitrogen and oxygen atoms in total. The molecule has 0 spiro atoms. The van der Waals surface area contributed by atoms with Crippen LogP contribution in [0.25, 0.3) is 0 Å². The zero-order chi connectivity index (χ0) is 16.5. The van der Waals surface area contributed by atoms with Crippen LogP contribution in [0.5, 0.6) is 5.75 Å². The summed E-state index contributed by atoms with van der Waals surface area (Å²) < 4.78 is 5.63. The van der Waals surface area contributed by atoms with Crippen LogP contribution in [0.15, 0.2) is 24.3 Å². The molecule has 1 rings (SSSR count). The predicted octanol–water partition coefficient (Wildman–Crippen LogP) is 1.61. The van der Waals surface area contributed by atoms with E-state index in [2.05, 4.69) is 24.1 Å². The highest BCUT2D eigenvalue weighted by atomic mass is 16.5. The number of carboxylic acids is 1. The van der Waals surface area contributed by atoms with E-state index in [-0.39, 0.29) is 0 Å². The number of carbonyl (C=O) groups excluding carboxylic acids is 1. The second-order valence-corrected chi connectivity index (χ2v) is 4.93. The van der Waals surface area contributed by atoms with E-state index in [1.807, 2.05) is 0 Å². The van der Waals surface area contributed by atoms with E-state index in [1.54, 1.807) is 24.3 Å². The number of nitrogens with zero attached hydrogens (tertiary/aromatic N) is 1. The number of carboxylic acid groups (broad SMARTS) is 1. The summed E-state index contributed by atoms with van der Waals surface area (Å²) in [6.45, 7) is 9.05. The van der Waals surface area contributed by atoms with E-state index in [4.69, 9.17) is 9.84 Å². The number of carbonyl (C=O) groups is 2. The van der Waals surface area contributed by atoms with Crippen molar-refractivity contribution in [2.75, 3.05) is 26.2 Å². The lowest BCUT2D eigenvalue weighted by Crippen LogP contribution is -2.38. The Bertz CT molecular complexity index is 483. The molecule has 1 atom stereocenters. The number of hydrogen-bond donors (Lipinski definition) is 2. The largest absolute Gasteiger partial charge is 0.492 e. The van der Waals surface area contributed by atoms with Gasteiger partial charge in [-0.05, 0) is 44.3 Å². The number of likely N-dealkylation sites (N-methyl/N-ethyl adjacent to an activating group) is 1. The van der Waals surface area contributed by atoms with E-state index >= 15 is 0 Å². The Kier molecular flexibility index (Phi) is 7.39. The number of hydrogen-bond acceptors (Lipinski definition) is 4. The van der Waals surface area contributed by atoms with Gasteiger partial charge in [-0.3, -0.25) is 9.59 Å². The SMILES string of the molecule is CCN(CC)CCOc1ccc(C(=O)N[C@@H](C)C(=O)O)cc1. The maximum absolute atomic E-state index is 11.8. The molecule has 0 unspecified atom stereocenters. The van der Waals surface area contributed by atoms with Crippen LogP contribution in [0.1, 0.15) is 31.1 Å². The average molecular weight is 308 g/mol. The van der Waals surface area contributed by atoms with Gasteiger partial charge in [0.05, 0.1) is 0 Å². The first kappa shape index (κ1) is 18.0. The van der Waals surface area contributed by atoms with Gasteiger partial charge < -0.3 is 20.1 Å². The summed E-state index contributed by atoms with van der Waals surface area (Å²) in [5.74, 6) is -0.788. The van der Waals surface area contributed by atoms with Gasteiger partial charge in [0.15, 0.2) is 0 Å². The highest BCUT2D eigenvalue weighted by Crippen LogP contribution is 2.12. The van der Waals surface area contributed by atoms with Gasteiger partial charge in [-0.2, -0.15) is 0 Å². The lowest BCUT2D eigenvalue weighted by molar-refractivity contribution is -0.138. The van der Waals surface area contributed by atoms with Gasteiger partial charge in [0.1, 0.15) is 18.4 Å². The van der Waals surface area contributed by atoms with Gasteiger partial charge in [-0.15, -0.1) is 0 Å². The van der Waals surface area contributed by atoms with Crippen LogP contribution >= 0.6 is 0 Å². The lowest BCUT2D eigenvalue weighted by atomic mass is 10.2. The molecule has 0 aliphatic carbocycles. The first-order chi connectivity index (χ1) is 10.5. The molecule has 122 valence electrons. The van der Waals surface area contributed by atoms with E-state index in [1.165, 1.54) is 6.92 Å². The number of amides is 1. The van der Waals surface area contributed by atoms with Gasteiger partial charge in [0.25, 0.3) is 5.91 Å². The van der Waals surface area contributed by atoms with Crippen LogP contribution in [-0.4, -0.2) is 54.2 Å². The fraction of sp³-hybridized carbons (Fsp3) is 0.500. The van der Waals surface area contributed by atoms with Gasteiger partial charge >= 0.3 is 5.97 Å². The fourth-order valence-electron chi connectivity index (χ4n) is 1.88. The van der Waals surface area contributed by atoms with Crippen molar-refractivity contribution in [2.45, 2.75) is 26.8 Å². The molecule has 6 heteroatoms. The molecule has 0 fully saturated rings. The number of aliphatic carboxylic acids is 1. The highest BCUT2D eigenvalue weighted by molar-refractivity contribution is 5.96. The van der Waals surface area contributed by atoms with Crippen molar-refractivity contribution >= 4 is 11.9 Å². The van der Waals surface area contributed by atoms with Crippen LogP contribution in [0.4, 0.5) is 0 Å². The Balaban J connectivity index is 2.49. The van der Waals surface area contributed by atoms with Gasteiger partial charge in [0, 0.05) is 12.1 Å². The molecule has 0 saturated carbocycles. The first-order valence-corrected chi connectivity index (χ1v) is 7.46. The topological polar surface area (TPSA) is 78.9 Å². The van der Waals surface area contributed by atoms with E-state index in [0.717, 1.165) is 19.6 Å². The predicted molar refractivity (Wildman–Crippen MR) is 84.3 cm³/mol. The number of nitrogens with one attached hydrogen (secondary N) is 1. The third kappa shape index (κ3) is 5.73. The zero-order valence-corrected chi connectivity index (χ0v) is 13.3. The van der Waals surface area contributed by atoms with Crippen LogP contribution in [0.2, 0.25) is 0 Å². The van der Waals surface area contributed by atoms with Crippen LogP contribution in [0.3, 0.4) is 0 Å². The minimum Gasteiger partial charge on any atom is -0.492 e. The van der Waals surface area contributed by atoms with Gasteiger partial charge in [-0.25, -0.2) is 0 Å². The van der Waals surface area contributed by atoms with Crippen molar-refractivity contribution in [1.29, 1.82) is 0 Å². The van der Waals surface area contributed by atoms with Gasteiger partial charge in [0.2, 0.25) is 0 Å². The van der Waals surface area contributed by atoms with E-state index < -0.39 is 17.9 Å². The first-order valence-electron chi connectivity index (χ1n) is 7.46. The Morgan fingerprint density at radius 2 is 1.82 bits per heavy atom. The molecule has 0 aliphatic heterocycles. The fourth-order valence-corrected chi connectivity index (χ4v) is 1.88. The van der Waals surface area contributed by atoms with Gasteiger partial charge in [-0.1, -0.05) is 13.8 Å². The van der Waals surface area contributed by atoms with E-state index in [0.29, 0.717) is 17.9 Å². The molecule has 22 heavy (non-hydrogen) atoms. The van der Waals surface area contributed by atoms with Crippen LogP contribution < -0.4 is 10.1 Å². The molecule has 0 aromatic heterocycles. The van der Waals surface area contributed by atoms with E-state index in [9.17, 15) is 9.59 Å². The molecule has 0 heterocycles. The molecule has 1 amide bonds. The summed E-state index contributed by atoms with van der Waals surface area (Å²) in [6.07, 6.45) is 0. The highest BCUT2D eigenvalue weighted by Gasteiger charge is 2.15. The smallest absolute Gasteiger partial charge is 0.325 e. The van der Waals surface area contributed by atoms with Crippen molar-refractivity contribution in [3.8, 4) is 5.75 Å². The summed E-state index contributed by atoms with van der Waals surface area (Å²) in [7, 11) is 0. The number of rotatable bonds is 9. The number of benzene rings is 1. The molecular formula is C16H24N2O4. The molecule has 0 aliphatic rings. The summed E-state index contributed by atoms with van der Waals surface area (Å²) in [5.41, 5.74) is 0.407. The van der Waals surface area contributed by atoms with Crippen molar-refractivity contribution in [1.82, 2.24) is 10.2 Å². The van der Waals surface area contributed by atoms with Crippen molar-refractivity contribution < 1.29 is 19.4 Å². The van der Waals surface area contributed by atoms with Crippen molar-refractivity contribution in [3.63, 3.8) is 0 Å². The van der Waals surface area contributed by atoms with Crippen molar-refractivity contribution in [2.24, 2.45) is 0 Å². The quantitative estimate of drug-likeness (QED) is 0.724. The maximum Gasteiger partial charge on any atom is 0.325 e.